The van der Waals surface area contributed by atoms with Gasteiger partial charge in [0, 0.05) is 53.1 Å². The normalized spacial score (nSPS) is 17.0. The molecule has 0 heterocycles. The molecular weight excluding hydrogens is 648 g/mol. The number of Topliss-reactive ketones (excluding diaryl/α,β-unsaturated/α-hetero) is 1. The number of carbonyl (C=O) groups excluding carboxylic acids is 1. The molecule has 1 aliphatic rings. The lowest BCUT2D eigenvalue weighted by molar-refractivity contribution is 0.0876. The molecule has 0 unspecified atom stereocenters. The molecule has 0 saturated heterocycles. The van der Waals surface area contributed by atoms with Gasteiger partial charge in [-0.3, -0.25) is 4.79 Å². The van der Waals surface area contributed by atoms with Crippen LogP contribution in [-0.2, 0) is 0 Å². The third-order valence-electron chi connectivity index (χ3n) is 9.41. The SMILES string of the molecule is COc1cc(/C=C/c2cc([C@H]3C=C(C)C[C@@H](c4ccc(OC)cc4OC)[C@@H]3C(=O)c3ccc(OC)cc3OC)c(OC)cc2OC)cc(OC)c1. The first-order chi connectivity index (χ1) is 24.7. The van der Waals surface area contributed by atoms with E-state index < -0.39 is 11.8 Å². The largest absolute Gasteiger partial charge is 0.497 e. The summed E-state index contributed by atoms with van der Waals surface area (Å²) in [5, 5.41) is 0. The van der Waals surface area contributed by atoms with Crippen molar-refractivity contribution < 1.29 is 42.7 Å². The van der Waals surface area contributed by atoms with Crippen LogP contribution in [0.2, 0.25) is 0 Å². The third-order valence-corrected chi connectivity index (χ3v) is 9.41. The van der Waals surface area contributed by atoms with Gasteiger partial charge in [0.1, 0.15) is 46.0 Å². The first-order valence-corrected chi connectivity index (χ1v) is 16.5. The van der Waals surface area contributed by atoms with Crippen molar-refractivity contribution in [2.75, 3.05) is 56.9 Å². The molecule has 5 rings (SSSR count). The van der Waals surface area contributed by atoms with E-state index in [4.69, 9.17) is 37.9 Å². The number of methoxy groups -OCH3 is 8. The van der Waals surface area contributed by atoms with Gasteiger partial charge in [0.05, 0.1) is 62.4 Å². The van der Waals surface area contributed by atoms with Crippen molar-refractivity contribution in [3.63, 3.8) is 0 Å². The maximum absolute atomic E-state index is 15.1. The Hall–Kier alpha value is -5.57. The maximum atomic E-state index is 15.1. The molecule has 3 atom stereocenters. The molecule has 0 aromatic heterocycles. The van der Waals surface area contributed by atoms with Gasteiger partial charge in [-0.1, -0.05) is 29.9 Å². The Morgan fingerprint density at radius 1 is 0.569 bits per heavy atom. The first kappa shape index (κ1) is 36.7. The molecule has 0 N–H and O–H groups in total. The van der Waals surface area contributed by atoms with Gasteiger partial charge in [0.15, 0.2) is 5.78 Å². The van der Waals surface area contributed by atoms with E-state index in [1.807, 2.05) is 60.7 Å². The minimum atomic E-state index is -0.583. The van der Waals surface area contributed by atoms with Crippen molar-refractivity contribution in [2.45, 2.75) is 25.2 Å². The van der Waals surface area contributed by atoms with Gasteiger partial charge in [0.25, 0.3) is 0 Å². The lowest BCUT2D eigenvalue weighted by Crippen LogP contribution is -2.32. The molecule has 0 amide bonds. The Morgan fingerprint density at radius 3 is 1.73 bits per heavy atom. The summed E-state index contributed by atoms with van der Waals surface area (Å²) in [5.74, 6) is 3.57. The van der Waals surface area contributed by atoms with E-state index in [1.165, 1.54) is 0 Å². The van der Waals surface area contributed by atoms with Gasteiger partial charge in [0.2, 0.25) is 0 Å². The van der Waals surface area contributed by atoms with Crippen molar-refractivity contribution >= 4 is 17.9 Å². The van der Waals surface area contributed by atoms with Crippen LogP contribution in [0.1, 0.15) is 57.8 Å². The molecule has 4 aromatic rings. The number of ketones is 1. The minimum Gasteiger partial charge on any atom is -0.497 e. The van der Waals surface area contributed by atoms with Crippen LogP contribution >= 0.6 is 0 Å². The Labute approximate surface area is 300 Å². The van der Waals surface area contributed by atoms with E-state index >= 15 is 4.79 Å². The first-order valence-electron chi connectivity index (χ1n) is 16.5. The molecular formula is C42H46O9. The van der Waals surface area contributed by atoms with E-state index in [0.717, 1.165) is 27.8 Å². The van der Waals surface area contributed by atoms with E-state index in [2.05, 4.69) is 13.0 Å². The fourth-order valence-electron chi connectivity index (χ4n) is 6.89. The van der Waals surface area contributed by atoms with Crippen LogP contribution in [0.15, 0.2) is 78.4 Å². The second-order valence-corrected chi connectivity index (χ2v) is 12.2. The number of ether oxygens (including phenoxy) is 8. The summed E-state index contributed by atoms with van der Waals surface area (Å²) in [7, 11) is 12.9. The molecule has 0 saturated carbocycles. The van der Waals surface area contributed by atoms with Gasteiger partial charge in [-0.05, 0) is 60.9 Å². The number of hydrogen-bond donors (Lipinski definition) is 0. The second kappa shape index (κ2) is 16.4. The van der Waals surface area contributed by atoms with E-state index in [1.54, 1.807) is 75.1 Å². The highest BCUT2D eigenvalue weighted by molar-refractivity contribution is 6.02. The summed E-state index contributed by atoms with van der Waals surface area (Å²) in [5.41, 5.74) is 5.01. The predicted molar refractivity (Wildman–Crippen MR) is 199 cm³/mol. The summed E-state index contributed by atoms with van der Waals surface area (Å²) in [6, 6.07) is 20.6. The Morgan fingerprint density at radius 2 is 1.14 bits per heavy atom. The van der Waals surface area contributed by atoms with Crippen LogP contribution in [0.5, 0.6) is 46.0 Å². The molecule has 9 heteroatoms. The number of carbonyl (C=O) groups is 1. The summed E-state index contributed by atoms with van der Waals surface area (Å²) in [6.45, 7) is 2.09. The van der Waals surface area contributed by atoms with Gasteiger partial charge >= 0.3 is 0 Å². The molecule has 0 spiro atoms. The number of benzene rings is 4. The minimum absolute atomic E-state index is 0.0791. The number of allylic oxidation sites excluding steroid dienone is 2. The fraction of sp³-hybridized carbons (Fsp3) is 0.310. The van der Waals surface area contributed by atoms with Crippen LogP contribution in [0.4, 0.5) is 0 Å². The van der Waals surface area contributed by atoms with Gasteiger partial charge in [-0.2, -0.15) is 0 Å². The average molecular weight is 695 g/mol. The van der Waals surface area contributed by atoms with Crippen molar-refractivity contribution in [1.29, 1.82) is 0 Å². The number of rotatable bonds is 14. The lowest BCUT2D eigenvalue weighted by Gasteiger charge is -2.38. The monoisotopic (exact) mass is 694 g/mol. The summed E-state index contributed by atoms with van der Waals surface area (Å²) >= 11 is 0. The van der Waals surface area contributed by atoms with Gasteiger partial charge in [-0.25, -0.2) is 0 Å². The van der Waals surface area contributed by atoms with Crippen LogP contribution < -0.4 is 37.9 Å². The fourth-order valence-corrected chi connectivity index (χ4v) is 6.89. The van der Waals surface area contributed by atoms with Crippen LogP contribution in [0.25, 0.3) is 12.2 Å². The van der Waals surface area contributed by atoms with E-state index in [9.17, 15) is 0 Å². The van der Waals surface area contributed by atoms with Crippen molar-refractivity contribution in [1.82, 2.24) is 0 Å². The molecule has 1 aliphatic carbocycles. The van der Waals surface area contributed by atoms with Crippen molar-refractivity contribution in [3.8, 4) is 46.0 Å². The van der Waals surface area contributed by atoms with E-state index in [0.29, 0.717) is 58.0 Å². The third kappa shape index (κ3) is 7.77. The summed E-state index contributed by atoms with van der Waals surface area (Å²) in [4.78, 5) is 15.1. The topological polar surface area (TPSA) is 90.9 Å². The van der Waals surface area contributed by atoms with E-state index in [-0.39, 0.29) is 11.7 Å². The van der Waals surface area contributed by atoms with Crippen molar-refractivity contribution in [2.24, 2.45) is 5.92 Å². The Kier molecular flexibility index (Phi) is 11.8. The highest BCUT2D eigenvalue weighted by atomic mass is 16.5. The van der Waals surface area contributed by atoms with Crippen LogP contribution in [0.3, 0.4) is 0 Å². The molecule has 0 fully saturated rings. The molecule has 9 nitrogen and oxygen atoms in total. The smallest absolute Gasteiger partial charge is 0.171 e. The highest BCUT2D eigenvalue weighted by Gasteiger charge is 2.42. The zero-order valence-corrected chi connectivity index (χ0v) is 30.7. The summed E-state index contributed by atoms with van der Waals surface area (Å²) in [6.07, 6.45) is 6.76. The van der Waals surface area contributed by atoms with Crippen LogP contribution in [0, 0.1) is 5.92 Å². The van der Waals surface area contributed by atoms with Gasteiger partial charge in [-0.15, -0.1) is 0 Å². The number of hydrogen-bond acceptors (Lipinski definition) is 9. The molecule has 4 aromatic carbocycles. The quantitative estimate of drug-likeness (QED) is 0.0731. The molecule has 268 valence electrons. The molecule has 0 aliphatic heterocycles. The van der Waals surface area contributed by atoms with Crippen molar-refractivity contribution in [3.05, 3.63) is 106 Å². The van der Waals surface area contributed by atoms with Gasteiger partial charge < -0.3 is 37.9 Å². The molecule has 51 heavy (non-hydrogen) atoms. The highest BCUT2D eigenvalue weighted by Crippen LogP contribution is 2.52. The Balaban J connectivity index is 1.72. The Bertz CT molecular complexity index is 1900. The predicted octanol–water partition coefficient (Wildman–Crippen LogP) is 8.64. The second-order valence-electron chi connectivity index (χ2n) is 12.2. The average Bonchev–Trinajstić information content (AvgIpc) is 3.18. The summed E-state index contributed by atoms with van der Waals surface area (Å²) < 4.78 is 45.5. The molecule has 0 bridgehead atoms. The molecule has 0 radical (unpaired) electrons. The lowest BCUT2D eigenvalue weighted by atomic mass is 9.65. The van der Waals surface area contributed by atoms with Crippen LogP contribution in [-0.4, -0.2) is 62.7 Å². The maximum Gasteiger partial charge on any atom is 0.171 e. The zero-order chi connectivity index (χ0) is 36.7. The standard InChI is InChI=1S/C42H46O9/c1-25-16-35(32-14-12-28(44-2)22-38(32)49-7)41(42(43)33-15-13-29(45-3)23-39(33)50-8)36(17-25)34-20-27(37(48-6)24-40(34)51-9)11-10-26-18-30(46-4)21-31(19-26)47-5/h10-15,17-24,35-36,41H,16H2,1-9H3/b11-10+/t35-,36+,41-/m0/s1. The zero-order valence-electron chi connectivity index (χ0n) is 30.7.